The molecule has 1 atom stereocenters. The molecule has 0 aliphatic carbocycles. The average molecular weight is 313 g/mol. The van der Waals surface area contributed by atoms with Crippen LogP contribution in [0.3, 0.4) is 0 Å². The number of nitrogens with one attached hydrogen (secondary N) is 1. The van der Waals surface area contributed by atoms with Gasteiger partial charge in [-0.3, -0.25) is 14.7 Å². The summed E-state index contributed by atoms with van der Waals surface area (Å²) in [5, 5.41) is 2.81. The van der Waals surface area contributed by atoms with Gasteiger partial charge < -0.3 is 9.88 Å². The van der Waals surface area contributed by atoms with Crippen molar-refractivity contribution in [3.63, 3.8) is 0 Å². The minimum absolute atomic E-state index is 0.0316. The van der Waals surface area contributed by atoms with Gasteiger partial charge in [0.25, 0.3) is 0 Å². The summed E-state index contributed by atoms with van der Waals surface area (Å²) >= 11 is 0. The molecule has 23 heavy (non-hydrogen) atoms. The smallest absolute Gasteiger partial charge is 0.217 e. The second-order valence-electron chi connectivity index (χ2n) is 6.09. The van der Waals surface area contributed by atoms with Crippen molar-refractivity contribution < 1.29 is 4.79 Å². The standard InChI is InChI=1S/C17H23N5O/c1-13(23)19-9-14-5-3-6-16(20-14)17-7-4-8-22(17)11-15-10-18-12-21(15)2/h3,5-6,10,12,17H,4,7-9,11H2,1-2H3,(H,19,23). The van der Waals surface area contributed by atoms with Gasteiger partial charge >= 0.3 is 0 Å². The summed E-state index contributed by atoms with van der Waals surface area (Å²) < 4.78 is 2.07. The molecule has 1 saturated heterocycles. The number of aryl methyl sites for hydroxylation is 1. The number of hydrogen-bond donors (Lipinski definition) is 1. The number of carbonyl (C=O) groups is 1. The van der Waals surface area contributed by atoms with Crippen LogP contribution in [0, 0.1) is 0 Å². The molecule has 1 aliphatic heterocycles. The van der Waals surface area contributed by atoms with Crippen molar-refractivity contribution in [3.8, 4) is 0 Å². The third-order valence-corrected chi connectivity index (χ3v) is 4.33. The quantitative estimate of drug-likeness (QED) is 0.914. The molecule has 3 rings (SSSR count). The zero-order chi connectivity index (χ0) is 16.2. The van der Waals surface area contributed by atoms with Crippen molar-refractivity contribution in [2.45, 2.75) is 38.9 Å². The van der Waals surface area contributed by atoms with Gasteiger partial charge in [0.2, 0.25) is 5.91 Å². The fraction of sp³-hybridized carbons (Fsp3) is 0.471. The van der Waals surface area contributed by atoms with Crippen LogP contribution < -0.4 is 5.32 Å². The van der Waals surface area contributed by atoms with Crippen molar-refractivity contribution in [3.05, 3.63) is 47.8 Å². The molecule has 0 radical (unpaired) electrons. The molecule has 2 aromatic rings. The Morgan fingerprint density at radius 1 is 1.43 bits per heavy atom. The first-order valence-electron chi connectivity index (χ1n) is 8.03. The summed E-state index contributed by atoms with van der Waals surface area (Å²) in [6, 6.07) is 6.41. The van der Waals surface area contributed by atoms with Crippen molar-refractivity contribution in [1.29, 1.82) is 0 Å². The Balaban J connectivity index is 1.73. The molecule has 3 heterocycles. The minimum Gasteiger partial charge on any atom is -0.351 e. The zero-order valence-electron chi connectivity index (χ0n) is 13.7. The van der Waals surface area contributed by atoms with Gasteiger partial charge in [0.1, 0.15) is 0 Å². The highest BCUT2D eigenvalue weighted by molar-refractivity contribution is 5.72. The zero-order valence-corrected chi connectivity index (χ0v) is 13.7. The van der Waals surface area contributed by atoms with Gasteiger partial charge in [0, 0.05) is 26.7 Å². The Hall–Kier alpha value is -2.21. The number of amides is 1. The molecule has 1 aliphatic rings. The topological polar surface area (TPSA) is 63.1 Å². The van der Waals surface area contributed by atoms with Gasteiger partial charge in [0.05, 0.1) is 36.0 Å². The lowest BCUT2D eigenvalue weighted by atomic mass is 10.1. The fourth-order valence-corrected chi connectivity index (χ4v) is 3.09. The summed E-state index contributed by atoms with van der Waals surface area (Å²) in [5.41, 5.74) is 3.21. The van der Waals surface area contributed by atoms with E-state index in [4.69, 9.17) is 4.98 Å². The van der Waals surface area contributed by atoms with Crippen molar-refractivity contribution >= 4 is 5.91 Å². The van der Waals surface area contributed by atoms with E-state index in [0.717, 1.165) is 30.9 Å². The molecule has 1 amide bonds. The Kier molecular flexibility index (Phi) is 4.71. The van der Waals surface area contributed by atoms with E-state index in [1.807, 2.05) is 31.7 Å². The summed E-state index contributed by atoms with van der Waals surface area (Å²) in [4.78, 5) is 22.5. The van der Waals surface area contributed by atoms with E-state index in [9.17, 15) is 4.79 Å². The molecule has 0 aromatic carbocycles. The lowest BCUT2D eigenvalue weighted by Crippen LogP contribution is -2.25. The van der Waals surface area contributed by atoms with Crippen LogP contribution in [0.4, 0.5) is 0 Å². The Labute approximate surface area is 136 Å². The number of carbonyl (C=O) groups excluding carboxylic acids is 1. The minimum atomic E-state index is -0.0316. The number of aromatic nitrogens is 3. The molecule has 1 fully saturated rings. The first kappa shape index (κ1) is 15.7. The molecule has 0 saturated carbocycles. The maximum Gasteiger partial charge on any atom is 0.217 e. The number of hydrogen-bond acceptors (Lipinski definition) is 4. The Morgan fingerprint density at radius 2 is 2.30 bits per heavy atom. The van der Waals surface area contributed by atoms with Crippen LogP contribution in [0.15, 0.2) is 30.7 Å². The maximum atomic E-state index is 11.1. The second kappa shape index (κ2) is 6.91. The van der Waals surface area contributed by atoms with Crippen molar-refractivity contribution in [2.24, 2.45) is 7.05 Å². The molecule has 1 unspecified atom stereocenters. The van der Waals surface area contributed by atoms with E-state index in [0.29, 0.717) is 12.6 Å². The third kappa shape index (κ3) is 3.76. The van der Waals surface area contributed by atoms with Gasteiger partial charge in [-0.05, 0) is 31.5 Å². The van der Waals surface area contributed by atoms with Gasteiger partial charge in [-0.25, -0.2) is 4.98 Å². The van der Waals surface area contributed by atoms with E-state index >= 15 is 0 Å². The lowest BCUT2D eigenvalue weighted by molar-refractivity contribution is -0.119. The molecule has 1 N–H and O–H groups in total. The maximum absolute atomic E-state index is 11.1. The Bertz CT molecular complexity index is 681. The van der Waals surface area contributed by atoms with Crippen LogP contribution in [0.25, 0.3) is 0 Å². The van der Waals surface area contributed by atoms with Crippen molar-refractivity contribution in [1.82, 2.24) is 24.8 Å². The summed E-state index contributed by atoms with van der Waals surface area (Å²) in [5.74, 6) is -0.0316. The Morgan fingerprint density at radius 3 is 3.04 bits per heavy atom. The van der Waals surface area contributed by atoms with E-state index in [1.165, 1.54) is 19.0 Å². The van der Waals surface area contributed by atoms with E-state index in [1.54, 1.807) is 0 Å². The molecule has 6 nitrogen and oxygen atoms in total. The highest BCUT2D eigenvalue weighted by atomic mass is 16.1. The highest BCUT2D eigenvalue weighted by Gasteiger charge is 2.27. The second-order valence-corrected chi connectivity index (χ2v) is 6.09. The van der Waals surface area contributed by atoms with Crippen LogP contribution in [0.2, 0.25) is 0 Å². The predicted molar refractivity (Wildman–Crippen MR) is 87.4 cm³/mol. The number of likely N-dealkylation sites (tertiary alicyclic amines) is 1. The van der Waals surface area contributed by atoms with Crippen LogP contribution in [0.1, 0.15) is 42.9 Å². The number of pyridine rings is 1. The predicted octanol–water partition coefficient (Wildman–Crippen LogP) is 1.79. The van der Waals surface area contributed by atoms with Gasteiger partial charge in [-0.15, -0.1) is 0 Å². The van der Waals surface area contributed by atoms with Gasteiger partial charge in [0.15, 0.2) is 0 Å². The largest absolute Gasteiger partial charge is 0.351 e. The fourth-order valence-electron chi connectivity index (χ4n) is 3.09. The monoisotopic (exact) mass is 313 g/mol. The first-order chi connectivity index (χ1) is 11.1. The summed E-state index contributed by atoms with van der Waals surface area (Å²) in [6.45, 7) is 3.97. The van der Waals surface area contributed by atoms with Gasteiger partial charge in [-0.1, -0.05) is 6.07 Å². The van der Waals surface area contributed by atoms with Crippen LogP contribution in [-0.4, -0.2) is 31.9 Å². The normalized spacial score (nSPS) is 18.3. The molecule has 0 spiro atoms. The van der Waals surface area contributed by atoms with Crippen LogP contribution in [-0.2, 0) is 24.9 Å². The molecular weight excluding hydrogens is 290 g/mol. The third-order valence-electron chi connectivity index (χ3n) is 4.33. The van der Waals surface area contributed by atoms with Gasteiger partial charge in [-0.2, -0.15) is 0 Å². The summed E-state index contributed by atoms with van der Waals surface area (Å²) in [6.07, 6.45) is 6.07. The molecule has 6 heteroatoms. The number of rotatable bonds is 5. The first-order valence-corrected chi connectivity index (χ1v) is 8.03. The molecule has 0 bridgehead atoms. The molecular formula is C17H23N5O. The van der Waals surface area contributed by atoms with Crippen molar-refractivity contribution in [2.75, 3.05) is 6.54 Å². The number of nitrogens with zero attached hydrogens (tertiary/aromatic N) is 4. The SMILES string of the molecule is CC(=O)NCc1cccc(C2CCCN2Cc2cncn2C)n1. The van der Waals surface area contributed by atoms with E-state index in [-0.39, 0.29) is 5.91 Å². The van der Waals surface area contributed by atoms with E-state index < -0.39 is 0 Å². The average Bonchev–Trinajstić information content (AvgIpc) is 3.16. The summed E-state index contributed by atoms with van der Waals surface area (Å²) in [7, 11) is 2.03. The van der Waals surface area contributed by atoms with Crippen LogP contribution >= 0.6 is 0 Å². The number of imidazole rings is 1. The van der Waals surface area contributed by atoms with E-state index in [2.05, 4.69) is 25.8 Å². The van der Waals surface area contributed by atoms with Crippen LogP contribution in [0.5, 0.6) is 0 Å². The molecule has 2 aromatic heterocycles. The lowest BCUT2D eigenvalue weighted by Gasteiger charge is -2.24. The highest BCUT2D eigenvalue weighted by Crippen LogP contribution is 2.32. The molecule has 122 valence electrons.